The molecule has 1 heterocycles. The topological polar surface area (TPSA) is 29.3 Å². The lowest BCUT2D eigenvalue weighted by atomic mass is 10.0. The van der Waals surface area contributed by atoms with Gasteiger partial charge < -0.3 is 5.73 Å². The molecule has 1 aromatic heterocycles. The Hall–Kier alpha value is 0.100. The minimum absolute atomic E-state index is 0.352. The highest BCUT2D eigenvalue weighted by Gasteiger charge is 2.22. The van der Waals surface area contributed by atoms with Gasteiger partial charge in [-0.1, -0.05) is 33.6 Å². The Morgan fingerprint density at radius 3 is 2.39 bits per heavy atom. The molecule has 0 saturated heterocycles. The van der Waals surface area contributed by atoms with Crippen LogP contribution in [0.3, 0.4) is 0 Å². The van der Waals surface area contributed by atoms with Crippen molar-refractivity contribution in [3.63, 3.8) is 0 Å². The monoisotopic (exact) mass is 332 g/mol. The molecule has 4 heteroatoms. The Morgan fingerprint density at radius 2 is 2.00 bits per heavy atom. The number of hydrogen-bond donors (Lipinski definition) is 1. The van der Waals surface area contributed by atoms with Gasteiger partial charge in [0.25, 0.3) is 0 Å². The standard InChI is InChI=1S/C14H25BrN2S/c1-4-11(5-2)10-17(6-3)13(9-16)14-12(15)7-8-18-14/h7-8,11,13H,4-6,9-10,16H2,1-3H3. The summed E-state index contributed by atoms with van der Waals surface area (Å²) < 4.78 is 1.20. The van der Waals surface area contributed by atoms with E-state index in [9.17, 15) is 0 Å². The van der Waals surface area contributed by atoms with Crippen molar-refractivity contribution in [2.24, 2.45) is 11.7 Å². The Balaban J connectivity index is 2.81. The lowest BCUT2D eigenvalue weighted by molar-refractivity contribution is 0.176. The Morgan fingerprint density at radius 1 is 1.33 bits per heavy atom. The Bertz CT molecular complexity index is 336. The third-order valence-corrected chi connectivity index (χ3v) is 5.64. The average Bonchev–Trinajstić information content (AvgIpc) is 2.81. The van der Waals surface area contributed by atoms with Crippen molar-refractivity contribution in [1.82, 2.24) is 4.90 Å². The Labute approximate surface area is 124 Å². The number of halogens is 1. The van der Waals surface area contributed by atoms with Crippen molar-refractivity contribution in [1.29, 1.82) is 0 Å². The van der Waals surface area contributed by atoms with Gasteiger partial charge in [-0.05, 0) is 39.8 Å². The summed E-state index contributed by atoms with van der Waals surface area (Å²) in [7, 11) is 0. The van der Waals surface area contributed by atoms with Crippen molar-refractivity contribution in [3.8, 4) is 0 Å². The fraction of sp³-hybridized carbons (Fsp3) is 0.714. The molecule has 1 atom stereocenters. The van der Waals surface area contributed by atoms with Gasteiger partial charge in [-0.3, -0.25) is 4.90 Å². The maximum atomic E-state index is 6.01. The van der Waals surface area contributed by atoms with Crippen molar-refractivity contribution in [2.45, 2.75) is 39.7 Å². The van der Waals surface area contributed by atoms with Gasteiger partial charge in [0.1, 0.15) is 0 Å². The molecule has 0 radical (unpaired) electrons. The average molecular weight is 333 g/mol. The molecule has 0 aliphatic carbocycles. The van der Waals surface area contributed by atoms with Crippen LogP contribution in [0.4, 0.5) is 0 Å². The summed E-state index contributed by atoms with van der Waals surface area (Å²) >= 11 is 5.43. The van der Waals surface area contributed by atoms with E-state index in [1.165, 1.54) is 22.2 Å². The van der Waals surface area contributed by atoms with Gasteiger partial charge in [0.15, 0.2) is 0 Å². The minimum Gasteiger partial charge on any atom is -0.329 e. The molecule has 0 aromatic carbocycles. The lowest BCUT2D eigenvalue weighted by Crippen LogP contribution is -2.36. The molecule has 0 saturated carbocycles. The lowest BCUT2D eigenvalue weighted by Gasteiger charge is -2.32. The summed E-state index contributed by atoms with van der Waals surface area (Å²) in [4.78, 5) is 3.89. The summed E-state index contributed by atoms with van der Waals surface area (Å²) in [6.07, 6.45) is 2.49. The molecule has 104 valence electrons. The molecule has 2 nitrogen and oxygen atoms in total. The highest BCUT2D eigenvalue weighted by atomic mass is 79.9. The van der Waals surface area contributed by atoms with Gasteiger partial charge in [-0.15, -0.1) is 11.3 Å². The second-order valence-corrected chi connectivity index (χ2v) is 6.46. The number of rotatable bonds is 8. The predicted octanol–water partition coefficient (Wildman–Crippen LogP) is 4.27. The van der Waals surface area contributed by atoms with E-state index >= 15 is 0 Å². The molecule has 0 aliphatic heterocycles. The van der Waals surface area contributed by atoms with Crippen molar-refractivity contribution in [2.75, 3.05) is 19.6 Å². The first-order chi connectivity index (χ1) is 8.67. The number of nitrogens with two attached hydrogens (primary N) is 1. The van der Waals surface area contributed by atoms with E-state index in [4.69, 9.17) is 5.73 Å². The summed E-state index contributed by atoms with van der Waals surface area (Å²) in [5, 5.41) is 2.13. The van der Waals surface area contributed by atoms with Crippen LogP contribution in [0, 0.1) is 5.92 Å². The first-order valence-corrected chi connectivity index (χ1v) is 8.52. The highest BCUT2D eigenvalue weighted by molar-refractivity contribution is 9.10. The van der Waals surface area contributed by atoms with E-state index in [2.05, 4.69) is 53.0 Å². The highest BCUT2D eigenvalue weighted by Crippen LogP contribution is 2.32. The van der Waals surface area contributed by atoms with Gasteiger partial charge in [-0.2, -0.15) is 0 Å². The fourth-order valence-corrected chi connectivity index (χ4v) is 4.11. The fourth-order valence-electron chi connectivity index (χ4n) is 2.32. The van der Waals surface area contributed by atoms with Gasteiger partial charge in [0.2, 0.25) is 0 Å². The van der Waals surface area contributed by atoms with Gasteiger partial charge in [0.05, 0.1) is 6.04 Å². The quantitative estimate of drug-likeness (QED) is 0.770. The molecule has 2 N–H and O–H groups in total. The van der Waals surface area contributed by atoms with Crippen molar-refractivity contribution in [3.05, 3.63) is 20.8 Å². The summed E-state index contributed by atoms with van der Waals surface area (Å²) in [6.45, 7) is 9.68. The summed E-state index contributed by atoms with van der Waals surface area (Å²) in [6, 6.07) is 2.47. The zero-order chi connectivity index (χ0) is 13.5. The normalized spacial score (nSPS) is 13.5. The van der Waals surface area contributed by atoms with E-state index < -0.39 is 0 Å². The van der Waals surface area contributed by atoms with Crippen LogP contribution in [0.15, 0.2) is 15.9 Å². The van der Waals surface area contributed by atoms with Crippen LogP contribution in [-0.2, 0) is 0 Å². The first-order valence-electron chi connectivity index (χ1n) is 6.84. The summed E-state index contributed by atoms with van der Waals surface area (Å²) in [5.74, 6) is 0.776. The second-order valence-electron chi connectivity index (χ2n) is 4.65. The van der Waals surface area contributed by atoms with Crippen LogP contribution < -0.4 is 5.73 Å². The number of likely N-dealkylation sites (N-methyl/N-ethyl adjacent to an activating group) is 1. The molecule has 1 aromatic rings. The third-order valence-electron chi connectivity index (χ3n) is 3.67. The number of nitrogens with zero attached hydrogens (tertiary/aromatic N) is 1. The SMILES string of the molecule is CCC(CC)CN(CC)C(CN)c1sccc1Br. The van der Waals surface area contributed by atoms with Crippen LogP contribution in [-0.4, -0.2) is 24.5 Å². The smallest absolute Gasteiger partial charge is 0.0575 e. The number of thiophene rings is 1. The van der Waals surface area contributed by atoms with Crippen LogP contribution in [0.5, 0.6) is 0 Å². The molecular weight excluding hydrogens is 308 g/mol. The van der Waals surface area contributed by atoms with E-state index in [1.807, 2.05) is 0 Å². The van der Waals surface area contributed by atoms with Crippen molar-refractivity contribution < 1.29 is 0 Å². The van der Waals surface area contributed by atoms with E-state index in [0.29, 0.717) is 12.6 Å². The van der Waals surface area contributed by atoms with Crippen LogP contribution >= 0.6 is 27.3 Å². The second kappa shape index (κ2) is 8.31. The maximum absolute atomic E-state index is 6.01. The van der Waals surface area contributed by atoms with Crippen molar-refractivity contribution >= 4 is 27.3 Å². The molecule has 0 spiro atoms. The first kappa shape index (κ1) is 16.2. The zero-order valence-electron chi connectivity index (χ0n) is 11.7. The molecule has 1 unspecified atom stereocenters. The molecule has 0 bridgehead atoms. The maximum Gasteiger partial charge on any atom is 0.0575 e. The Kier molecular flexibility index (Phi) is 7.46. The van der Waals surface area contributed by atoms with E-state index in [-0.39, 0.29) is 0 Å². The molecule has 18 heavy (non-hydrogen) atoms. The third kappa shape index (κ3) is 4.05. The van der Waals surface area contributed by atoms with E-state index in [1.54, 1.807) is 11.3 Å². The zero-order valence-corrected chi connectivity index (χ0v) is 14.1. The van der Waals surface area contributed by atoms with E-state index in [0.717, 1.165) is 19.0 Å². The van der Waals surface area contributed by atoms with Gasteiger partial charge >= 0.3 is 0 Å². The molecule has 0 amide bonds. The van der Waals surface area contributed by atoms with Gasteiger partial charge in [0, 0.05) is 22.4 Å². The summed E-state index contributed by atoms with van der Waals surface area (Å²) in [5.41, 5.74) is 6.01. The van der Waals surface area contributed by atoms with Crippen LogP contribution in [0.1, 0.15) is 44.5 Å². The molecule has 1 rings (SSSR count). The minimum atomic E-state index is 0.352. The van der Waals surface area contributed by atoms with Crippen LogP contribution in [0.25, 0.3) is 0 Å². The largest absolute Gasteiger partial charge is 0.329 e. The molecular formula is C14H25BrN2S. The predicted molar refractivity (Wildman–Crippen MR) is 85.1 cm³/mol. The number of hydrogen-bond acceptors (Lipinski definition) is 3. The molecule has 0 fully saturated rings. The van der Waals surface area contributed by atoms with Crippen LogP contribution in [0.2, 0.25) is 0 Å². The van der Waals surface area contributed by atoms with Gasteiger partial charge in [-0.25, -0.2) is 0 Å². The molecule has 0 aliphatic rings.